The van der Waals surface area contributed by atoms with Gasteiger partial charge < -0.3 is 24.8 Å². The van der Waals surface area contributed by atoms with E-state index in [2.05, 4.69) is 19.1 Å². The summed E-state index contributed by atoms with van der Waals surface area (Å²) in [6, 6.07) is 0. The lowest BCUT2D eigenvalue weighted by Crippen LogP contribution is -2.55. The summed E-state index contributed by atoms with van der Waals surface area (Å²) >= 11 is 0. The van der Waals surface area contributed by atoms with Crippen LogP contribution in [0.1, 0.15) is 90.4 Å². The molecular weight excluding hydrogens is 356 g/mol. The molecule has 0 aromatic carbocycles. The van der Waals surface area contributed by atoms with Crippen molar-refractivity contribution in [1.29, 1.82) is 0 Å². The summed E-state index contributed by atoms with van der Waals surface area (Å²) in [5.74, 6) is 0. The Morgan fingerprint density at radius 1 is 0.821 bits per heavy atom. The molecule has 0 aromatic heterocycles. The highest BCUT2D eigenvalue weighted by molar-refractivity contribution is 4.87. The zero-order chi connectivity index (χ0) is 20.5. The first kappa shape index (κ1) is 25.6. The maximum absolute atomic E-state index is 10.00. The van der Waals surface area contributed by atoms with E-state index in [1.54, 1.807) is 0 Å². The van der Waals surface area contributed by atoms with Crippen LogP contribution in [0, 0.1) is 0 Å². The topological polar surface area (TPSA) is 79.2 Å². The Morgan fingerprint density at radius 3 is 1.96 bits per heavy atom. The highest BCUT2D eigenvalue weighted by atomic mass is 16.6. The number of hydrogen-bond acceptors (Lipinski definition) is 5. The Balaban J connectivity index is 1.83. The molecule has 5 heteroatoms. The fourth-order valence-electron chi connectivity index (χ4n) is 3.64. The number of unbranched alkanes of at least 4 members (excludes halogenated alkanes) is 11. The summed E-state index contributed by atoms with van der Waals surface area (Å²) in [6.07, 6.45) is 17.8. The first-order valence-corrected chi connectivity index (χ1v) is 11.6. The maximum Gasteiger partial charge on any atom is 0.111 e. The van der Waals surface area contributed by atoms with Crippen molar-refractivity contribution in [3.05, 3.63) is 12.2 Å². The van der Waals surface area contributed by atoms with Gasteiger partial charge in [0.25, 0.3) is 0 Å². The summed E-state index contributed by atoms with van der Waals surface area (Å²) in [5.41, 5.74) is 0. The van der Waals surface area contributed by atoms with E-state index in [1.807, 2.05) is 0 Å². The van der Waals surface area contributed by atoms with Crippen LogP contribution in [0.5, 0.6) is 0 Å². The first-order valence-electron chi connectivity index (χ1n) is 11.6. The molecule has 1 aliphatic rings. The molecule has 0 unspecified atom stereocenters. The van der Waals surface area contributed by atoms with Crippen molar-refractivity contribution in [2.24, 2.45) is 0 Å². The number of aliphatic hydroxyl groups is 3. The summed E-state index contributed by atoms with van der Waals surface area (Å²) in [4.78, 5) is 0. The second kappa shape index (κ2) is 17.4. The maximum atomic E-state index is 10.00. The lowest BCUT2D eigenvalue weighted by molar-refractivity contribution is -0.208. The quantitative estimate of drug-likeness (QED) is 0.253. The minimum atomic E-state index is -1.08. The number of hydrogen-bond donors (Lipinski definition) is 3. The van der Waals surface area contributed by atoms with Crippen molar-refractivity contribution in [3.63, 3.8) is 0 Å². The largest absolute Gasteiger partial charge is 0.394 e. The molecule has 28 heavy (non-hydrogen) atoms. The average molecular weight is 401 g/mol. The van der Waals surface area contributed by atoms with Crippen LogP contribution < -0.4 is 0 Å². The monoisotopic (exact) mass is 400 g/mol. The molecule has 0 spiro atoms. The third-order valence-electron chi connectivity index (χ3n) is 5.52. The molecule has 1 saturated heterocycles. The Labute approximate surface area is 172 Å². The van der Waals surface area contributed by atoms with E-state index < -0.39 is 24.4 Å². The lowest BCUT2D eigenvalue weighted by atomic mass is 10.0. The standard InChI is InChI=1S/C23H44O5/c1-2-3-4-5-6-7-8-9-10-11-12-13-14-15-16-17-27-21-19-28-20(18-24)22(25)23(21)26/h3-4,20-26H,2,5-19H2,1H3/b4-3+/t20-,21+,22-,23-/m1/s1. The predicted molar refractivity (Wildman–Crippen MR) is 113 cm³/mol. The molecule has 1 fully saturated rings. The summed E-state index contributed by atoms with van der Waals surface area (Å²) in [5, 5.41) is 28.9. The van der Waals surface area contributed by atoms with Gasteiger partial charge in [-0.25, -0.2) is 0 Å². The molecule has 0 aliphatic carbocycles. The molecule has 0 amide bonds. The Bertz CT molecular complexity index is 374. The van der Waals surface area contributed by atoms with Crippen LogP contribution in [0.25, 0.3) is 0 Å². The van der Waals surface area contributed by atoms with Crippen molar-refractivity contribution in [2.75, 3.05) is 19.8 Å². The van der Waals surface area contributed by atoms with Crippen LogP contribution in [-0.2, 0) is 9.47 Å². The highest BCUT2D eigenvalue weighted by Crippen LogP contribution is 2.18. The fourth-order valence-corrected chi connectivity index (χ4v) is 3.64. The van der Waals surface area contributed by atoms with Crippen molar-refractivity contribution in [2.45, 2.75) is 115 Å². The molecule has 3 N–H and O–H groups in total. The zero-order valence-electron chi connectivity index (χ0n) is 17.9. The van der Waals surface area contributed by atoms with Gasteiger partial charge in [-0.05, 0) is 25.7 Å². The minimum absolute atomic E-state index is 0.221. The van der Waals surface area contributed by atoms with Crippen molar-refractivity contribution in [1.82, 2.24) is 0 Å². The second-order valence-corrected chi connectivity index (χ2v) is 8.00. The van der Waals surface area contributed by atoms with Crippen LogP contribution in [0.4, 0.5) is 0 Å². The summed E-state index contributed by atoms with van der Waals surface area (Å²) < 4.78 is 11.0. The van der Waals surface area contributed by atoms with E-state index in [1.165, 1.54) is 64.2 Å². The molecule has 0 saturated carbocycles. The van der Waals surface area contributed by atoms with E-state index >= 15 is 0 Å². The average Bonchev–Trinajstić information content (AvgIpc) is 2.70. The summed E-state index contributed by atoms with van der Waals surface area (Å²) in [6.45, 7) is 2.69. The van der Waals surface area contributed by atoms with E-state index in [4.69, 9.17) is 14.6 Å². The van der Waals surface area contributed by atoms with Crippen LogP contribution >= 0.6 is 0 Å². The van der Waals surface area contributed by atoms with Gasteiger partial charge in [0.15, 0.2) is 0 Å². The van der Waals surface area contributed by atoms with Gasteiger partial charge in [0.05, 0.1) is 13.2 Å². The third kappa shape index (κ3) is 11.5. The van der Waals surface area contributed by atoms with Crippen LogP contribution in [0.2, 0.25) is 0 Å². The Kier molecular flexibility index (Phi) is 15.9. The molecule has 4 atom stereocenters. The first-order chi connectivity index (χ1) is 13.7. The minimum Gasteiger partial charge on any atom is -0.394 e. The van der Waals surface area contributed by atoms with Gasteiger partial charge in [-0.15, -0.1) is 0 Å². The lowest BCUT2D eigenvalue weighted by Gasteiger charge is -2.36. The molecular formula is C23H44O5. The van der Waals surface area contributed by atoms with Crippen molar-refractivity contribution >= 4 is 0 Å². The molecule has 0 aromatic rings. The van der Waals surface area contributed by atoms with Crippen LogP contribution in [0.15, 0.2) is 12.2 Å². The van der Waals surface area contributed by atoms with Crippen LogP contribution in [-0.4, -0.2) is 59.6 Å². The molecule has 0 radical (unpaired) electrons. The molecule has 1 aliphatic heterocycles. The second-order valence-electron chi connectivity index (χ2n) is 8.00. The Hall–Kier alpha value is -0.460. The molecule has 5 nitrogen and oxygen atoms in total. The number of allylic oxidation sites excluding steroid dienone is 2. The van der Waals surface area contributed by atoms with E-state index in [-0.39, 0.29) is 13.2 Å². The number of ether oxygens (including phenoxy) is 2. The number of aliphatic hydroxyl groups excluding tert-OH is 3. The van der Waals surface area contributed by atoms with Gasteiger partial charge in [0.1, 0.15) is 24.4 Å². The normalized spacial score (nSPS) is 25.6. The fraction of sp³-hybridized carbons (Fsp3) is 0.913. The van der Waals surface area contributed by atoms with Gasteiger partial charge >= 0.3 is 0 Å². The van der Waals surface area contributed by atoms with E-state index in [9.17, 15) is 10.2 Å². The molecule has 0 bridgehead atoms. The SMILES string of the molecule is CC/C=C/CCCCCCCCCCCCCO[C@H]1CO[C@H](CO)[C@@H](O)[C@@H]1O. The van der Waals surface area contributed by atoms with Gasteiger partial charge in [-0.1, -0.05) is 76.9 Å². The molecule has 1 rings (SSSR count). The molecule has 166 valence electrons. The van der Waals surface area contributed by atoms with Crippen molar-refractivity contribution in [3.8, 4) is 0 Å². The summed E-state index contributed by atoms with van der Waals surface area (Å²) in [7, 11) is 0. The van der Waals surface area contributed by atoms with Gasteiger partial charge in [-0.2, -0.15) is 0 Å². The molecule has 1 heterocycles. The van der Waals surface area contributed by atoms with Gasteiger partial charge in [-0.3, -0.25) is 0 Å². The van der Waals surface area contributed by atoms with Crippen LogP contribution in [0.3, 0.4) is 0 Å². The van der Waals surface area contributed by atoms with Gasteiger partial charge in [0.2, 0.25) is 0 Å². The smallest absolute Gasteiger partial charge is 0.111 e. The van der Waals surface area contributed by atoms with Gasteiger partial charge in [0, 0.05) is 6.61 Å². The predicted octanol–water partition coefficient (Wildman–Crippen LogP) is 4.13. The van der Waals surface area contributed by atoms with E-state index in [0.29, 0.717) is 6.61 Å². The Morgan fingerprint density at radius 2 is 1.39 bits per heavy atom. The van der Waals surface area contributed by atoms with Crippen molar-refractivity contribution < 1.29 is 24.8 Å². The van der Waals surface area contributed by atoms with E-state index in [0.717, 1.165) is 19.3 Å². The highest BCUT2D eigenvalue weighted by Gasteiger charge is 2.38. The zero-order valence-corrected chi connectivity index (χ0v) is 17.9. The third-order valence-corrected chi connectivity index (χ3v) is 5.52. The number of rotatable bonds is 17.